The van der Waals surface area contributed by atoms with Crippen molar-refractivity contribution >= 4 is 45.9 Å². The predicted molar refractivity (Wildman–Crippen MR) is 94.4 cm³/mol. The topological polar surface area (TPSA) is 15.3 Å². The van der Waals surface area contributed by atoms with Gasteiger partial charge in [0.2, 0.25) is 0 Å². The average Bonchev–Trinajstić information content (AvgIpc) is 2.80. The molecule has 1 aliphatic rings. The maximum absolute atomic E-state index is 6.35. The van der Waals surface area contributed by atoms with Gasteiger partial charge in [-0.2, -0.15) is 0 Å². The maximum atomic E-state index is 6.35. The van der Waals surface area contributed by atoms with E-state index in [0.717, 1.165) is 33.6 Å². The highest BCUT2D eigenvalue weighted by Gasteiger charge is 2.23. The van der Waals surface area contributed by atoms with E-state index in [-0.39, 0.29) is 0 Å². The minimum atomic E-state index is 0.315. The number of nitrogens with zero attached hydrogens (tertiary/aromatic N) is 1. The van der Waals surface area contributed by atoms with Gasteiger partial charge in [0.05, 0.1) is 26.8 Å². The molecule has 0 bridgehead atoms. The third-order valence-electron chi connectivity index (χ3n) is 3.85. The Morgan fingerprint density at radius 3 is 2.86 bits per heavy atom. The summed E-state index contributed by atoms with van der Waals surface area (Å²) in [6.07, 6.45) is 3.46. The number of nitrogens with one attached hydrogen (secondary N) is 1. The minimum absolute atomic E-state index is 0.315. The molecule has 3 rings (SSSR count). The molecule has 0 fully saturated rings. The normalized spacial score (nSPS) is 17.4. The Balaban J connectivity index is 1.93. The smallest absolute Gasteiger partial charge is 0.0934 e. The monoisotopic (exact) mass is 340 g/mol. The van der Waals surface area contributed by atoms with Crippen molar-refractivity contribution in [2.75, 3.05) is 24.3 Å². The van der Waals surface area contributed by atoms with Crippen LogP contribution in [0.3, 0.4) is 0 Å². The molecular formula is C16H18Cl2N2S. The van der Waals surface area contributed by atoms with Crippen molar-refractivity contribution in [2.24, 2.45) is 0 Å². The molecule has 0 aliphatic heterocycles. The number of aryl methyl sites for hydroxylation is 1. The fourth-order valence-electron chi connectivity index (χ4n) is 2.95. The van der Waals surface area contributed by atoms with Gasteiger partial charge in [-0.3, -0.25) is 0 Å². The lowest BCUT2D eigenvalue weighted by Crippen LogP contribution is -2.18. The van der Waals surface area contributed by atoms with Crippen LogP contribution in [-0.2, 0) is 6.42 Å². The number of anilines is 2. The molecule has 0 saturated heterocycles. The van der Waals surface area contributed by atoms with E-state index in [0.29, 0.717) is 6.04 Å². The van der Waals surface area contributed by atoms with Crippen LogP contribution in [0.5, 0.6) is 0 Å². The maximum Gasteiger partial charge on any atom is 0.0934 e. The first-order valence-corrected chi connectivity index (χ1v) is 8.64. The zero-order valence-corrected chi connectivity index (χ0v) is 14.4. The summed E-state index contributed by atoms with van der Waals surface area (Å²) >= 11 is 14.2. The highest BCUT2D eigenvalue weighted by Crippen LogP contribution is 2.41. The number of thiophene rings is 1. The first kappa shape index (κ1) is 15.0. The Morgan fingerprint density at radius 1 is 1.29 bits per heavy atom. The molecular weight excluding hydrogens is 323 g/mol. The van der Waals surface area contributed by atoms with Crippen LogP contribution in [-0.4, -0.2) is 14.1 Å². The van der Waals surface area contributed by atoms with Gasteiger partial charge in [-0.05, 0) is 43.0 Å². The van der Waals surface area contributed by atoms with Gasteiger partial charge in [0.25, 0.3) is 0 Å². The van der Waals surface area contributed by atoms with Gasteiger partial charge in [-0.1, -0.05) is 29.3 Å². The van der Waals surface area contributed by atoms with Crippen LogP contribution in [0, 0.1) is 0 Å². The van der Waals surface area contributed by atoms with Crippen molar-refractivity contribution in [1.29, 1.82) is 0 Å². The van der Waals surface area contributed by atoms with E-state index >= 15 is 0 Å². The number of halogens is 2. The predicted octanol–water partition coefficient (Wildman–Crippen LogP) is 5.61. The molecule has 5 heteroatoms. The molecule has 2 nitrogen and oxygen atoms in total. The van der Waals surface area contributed by atoms with Crippen LogP contribution >= 0.6 is 34.5 Å². The molecule has 0 amide bonds. The van der Waals surface area contributed by atoms with Crippen molar-refractivity contribution in [1.82, 2.24) is 0 Å². The van der Waals surface area contributed by atoms with E-state index in [9.17, 15) is 0 Å². The largest absolute Gasteiger partial charge is 0.376 e. The lowest BCUT2D eigenvalue weighted by Gasteiger charge is -2.27. The van der Waals surface area contributed by atoms with Crippen molar-refractivity contribution < 1.29 is 0 Å². The SMILES string of the molecule is CN(C)c1c(Cl)cccc1NC1CCCc2sc(Cl)cc21. The molecule has 1 aromatic carbocycles. The van der Waals surface area contributed by atoms with Crippen LogP contribution in [0.4, 0.5) is 11.4 Å². The van der Waals surface area contributed by atoms with Gasteiger partial charge >= 0.3 is 0 Å². The quantitative estimate of drug-likeness (QED) is 0.780. The van der Waals surface area contributed by atoms with Crippen molar-refractivity contribution in [3.05, 3.63) is 44.1 Å². The molecule has 1 N–H and O–H groups in total. The second-order valence-electron chi connectivity index (χ2n) is 5.55. The Bertz CT molecular complexity index is 652. The summed E-state index contributed by atoms with van der Waals surface area (Å²) in [5.41, 5.74) is 3.46. The lowest BCUT2D eigenvalue weighted by molar-refractivity contribution is 0.609. The number of hydrogen-bond acceptors (Lipinski definition) is 3. The van der Waals surface area contributed by atoms with Gasteiger partial charge in [-0.15, -0.1) is 11.3 Å². The van der Waals surface area contributed by atoms with Crippen LogP contribution in [0.25, 0.3) is 0 Å². The first-order chi connectivity index (χ1) is 10.1. The molecule has 1 heterocycles. The van der Waals surface area contributed by atoms with Crippen molar-refractivity contribution in [3.8, 4) is 0 Å². The molecule has 1 aliphatic carbocycles. The second-order valence-corrected chi connectivity index (χ2v) is 7.72. The molecule has 2 aromatic rings. The second kappa shape index (κ2) is 6.07. The fraction of sp³-hybridized carbons (Fsp3) is 0.375. The highest BCUT2D eigenvalue weighted by atomic mass is 35.5. The van der Waals surface area contributed by atoms with Gasteiger partial charge in [-0.25, -0.2) is 0 Å². The van der Waals surface area contributed by atoms with Crippen LogP contribution in [0.1, 0.15) is 29.3 Å². The average molecular weight is 341 g/mol. The third-order valence-corrected chi connectivity index (χ3v) is 5.49. The van der Waals surface area contributed by atoms with E-state index < -0.39 is 0 Å². The molecule has 0 radical (unpaired) electrons. The summed E-state index contributed by atoms with van der Waals surface area (Å²) in [5, 5.41) is 4.43. The molecule has 0 saturated carbocycles. The standard InChI is InChI=1S/C16H18Cl2N2S/c1-20(2)16-11(17)5-3-7-13(16)19-12-6-4-8-14-10(12)9-15(18)21-14/h3,5,7,9,12,19H,4,6,8H2,1-2H3. The van der Waals surface area contributed by atoms with Crippen LogP contribution < -0.4 is 10.2 Å². The summed E-state index contributed by atoms with van der Waals surface area (Å²) in [4.78, 5) is 3.46. The molecule has 1 atom stereocenters. The van der Waals surface area contributed by atoms with Gasteiger partial charge in [0.15, 0.2) is 0 Å². The summed E-state index contributed by atoms with van der Waals surface area (Å²) in [7, 11) is 4.03. The Kier molecular flexibility index (Phi) is 4.34. The Morgan fingerprint density at radius 2 is 2.10 bits per heavy atom. The minimum Gasteiger partial charge on any atom is -0.376 e. The molecule has 1 aromatic heterocycles. The van der Waals surface area contributed by atoms with E-state index in [2.05, 4.69) is 22.3 Å². The van der Waals surface area contributed by atoms with Crippen LogP contribution in [0.15, 0.2) is 24.3 Å². The van der Waals surface area contributed by atoms with Gasteiger partial charge in [0, 0.05) is 19.0 Å². The van der Waals surface area contributed by atoms with E-state index in [4.69, 9.17) is 23.2 Å². The fourth-order valence-corrected chi connectivity index (χ4v) is 4.67. The van der Waals surface area contributed by atoms with Crippen LogP contribution in [0.2, 0.25) is 9.36 Å². The van der Waals surface area contributed by atoms with Crippen molar-refractivity contribution in [3.63, 3.8) is 0 Å². The third kappa shape index (κ3) is 3.01. The summed E-state index contributed by atoms with van der Waals surface area (Å²) in [6, 6.07) is 8.43. The molecule has 21 heavy (non-hydrogen) atoms. The Hall–Kier alpha value is -0.900. The summed E-state index contributed by atoms with van der Waals surface area (Å²) in [6.45, 7) is 0. The van der Waals surface area contributed by atoms with E-state index in [1.807, 2.05) is 26.2 Å². The van der Waals surface area contributed by atoms with Crippen molar-refractivity contribution in [2.45, 2.75) is 25.3 Å². The molecule has 0 spiro atoms. The lowest BCUT2D eigenvalue weighted by atomic mass is 9.93. The van der Waals surface area contributed by atoms with E-state index in [1.165, 1.54) is 16.9 Å². The summed E-state index contributed by atoms with van der Waals surface area (Å²) < 4.78 is 0.882. The zero-order chi connectivity index (χ0) is 15.0. The Labute approximate surface area is 139 Å². The molecule has 1 unspecified atom stereocenters. The highest BCUT2D eigenvalue weighted by molar-refractivity contribution is 7.16. The first-order valence-electron chi connectivity index (χ1n) is 7.06. The molecule has 112 valence electrons. The number of hydrogen-bond donors (Lipinski definition) is 1. The number of para-hydroxylation sites is 1. The number of benzene rings is 1. The number of rotatable bonds is 3. The zero-order valence-electron chi connectivity index (χ0n) is 12.1. The van der Waals surface area contributed by atoms with Gasteiger partial charge in [0.1, 0.15) is 0 Å². The number of fused-ring (bicyclic) bond motifs is 1. The van der Waals surface area contributed by atoms with E-state index in [1.54, 1.807) is 11.3 Å². The van der Waals surface area contributed by atoms with Gasteiger partial charge < -0.3 is 10.2 Å². The summed E-state index contributed by atoms with van der Waals surface area (Å²) in [5.74, 6) is 0.